The average molecular weight is 425 g/mol. The van der Waals surface area contributed by atoms with Gasteiger partial charge in [0.1, 0.15) is 17.9 Å². The molecule has 0 fully saturated rings. The molecule has 1 atom stereocenters. The predicted octanol–water partition coefficient (Wildman–Crippen LogP) is 2.75. The van der Waals surface area contributed by atoms with Gasteiger partial charge < -0.3 is 5.32 Å². The highest BCUT2D eigenvalue weighted by molar-refractivity contribution is 6.24. The summed E-state index contributed by atoms with van der Waals surface area (Å²) in [5.41, 5.74) is -1.98. The van der Waals surface area contributed by atoms with Crippen LogP contribution < -0.4 is 5.32 Å². The summed E-state index contributed by atoms with van der Waals surface area (Å²) in [7, 11) is 0. The van der Waals surface area contributed by atoms with Gasteiger partial charge in [-0.1, -0.05) is 18.2 Å². The third kappa shape index (κ3) is 3.83. The molecule has 1 aliphatic rings. The highest BCUT2D eigenvalue weighted by Gasteiger charge is 2.44. The zero-order chi connectivity index (χ0) is 22.2. The van der Waals surface area contributed by atoms with Gasteiger partial charge in [-0.2, -0.15) is 13.2 Å². The van der Waals surface area contributed by atoms with Crippen molar-refractivity contribution in [2.75, 3.05) is 6.54 Å². The number of benzene rings is 2. The highest BCUT2D eigenvalue weighted by atomic mass is 19.4. The number of nitro groups is 1. The van der Waals surface area contributed by atoms with Crippen LogP contribution in [0.15, 0.2) is 42.5 Å². The lowest BCUT2D eigenvalue weighted by atomic mass is 10.1. The van der Waals surface area contributed by atoms with Gasteiger partial charge in [0.15, 0.2) is 6.04 Å². The SMILES string of the molecule is O=C(CN1C(=O)c2cccc([N+](=O)[O-])c2C1=O)NC(c1ccc(F)cc1)C(F)(F)F. The van der Waals surface area contributed by atoms with Crippen molar-refractivity contribution in [1.82, 2.24) is 10.2 Å². The number of nitro benzene ring substituents is 1. The van der Waals surface area contributed by atoms with Gasteiger partial charge in [-0.15, -0.1) is 0 Å². The van der Waals surface area contributed by atoms with Crippen LogP contribution in [0.1, 0.15) is 32.3 Å². The van der Waals surface area contributed by atoms with Gasteiger partial charge in [-0.25, -0.2) is 4.39 Å². The van der Waals surface area contributed by atoms with Gasteiger partial charge in [-0.05, 0) is 23.8 Å². The van der Waals surface area contributed by atoms with Crippen molar-refractivity contribution >= 4 is 23.4 Å². The molecule has 0 aliphatic carbocycles. The maximum absolute atomic E-state index is 13.4. The summed E-state index contributed by atoms with van der Waals surface area (Å²) in [6.07, 6.45) is -4.95. The quantitative estimate of drug-likeness (QED) is 0.343. The van der Waals surface area contributed by atoms with Crippen LogP contribution in [0.4, 0.5) is 23.2 Å². The Morgan fingerprint density at radius 2 is 1.73 bits per heavy atom. The fraction of sp³-hybridized carbons (Fsp3) is 0.167. The van der Waals surface area contributed by atoms with E-state index in [4.69, 9.17) is 0 Å². The smallest absolute Gasteiger partial charge is 0.339 e. The number of imide groups is 1. The van der Waals surface area contributed by atoms with Crippen molar-refractivity contribution in [3.63, 3.8) is 0 Å². The first-order chi connectivity index (χ1) is 14.0. The molecule has 0 saturated carbocycles. The minimum Gasteiger partial charge on any atom is -0.339 e. The van der Waals surface area contributed by atoms with E-state index in [1.165, 1.54) is 6.07 Å². The number of amides is 3. The topological polar surface area (TPSA) is 110 Å². The van der Waals surface area contributed by atoms with E-state index in [9.17, 15) is 42.1 Å². The summed E-state index contributed by atoms with van der Waals surface area (Å²) in [5, 5.41) is 12.7. The van der Waals surface area contributed by atoms with Gasteiger partial charge >= 0.3 is 6.18 Å². The van der Waals surface area contributed by atoms with Crippen LogP contribution in [0, 0.1) is 15.9 Å². The van der Waals surface area contributed by atoms with Crippen molar-refractivity contribution in [2.24, 2.45) is 0 Å². The van der Waals surface area contributed by atoms with Gasteiger partial charge in [0.05, 0.1) is 10.5 Å². The highest BCUT2D eigenvalue weighted by Crippen LogP contribution is 2.33. The molecule has 2 aromatic rings. The Bertz CT molecular complexity index is 1050. The summed E-state index contributed by atoms with van der Waals surface area (Å²) in [6, 6.07) is 4.00. The molecule has 1 unspecified atom stereocenters. The number of alkyl halides is 3. The third-order valence-corrected chi connectivity index (χ3v) is 4.31. The normalized spacial score (nSPS) is 14.5. The number of fused-ring (bicyclic) bond motifs is 1. The Hall–Kier alpha value is -3.83. The summed E-state index contributed by atoms with van der Waals surface area (Å²) in [6.45, 7) is -1.09. The first kappa shape index (κ1) is 20.9. The zero-order valence-electron chi connectivity index (χ0n) is 14.8. The molecule has 156 valence electrons. The second kappa shape index (κ2) is 7.54. The van der Waals surface area contributed by atoms with Crippen LogP contribution in [0.2, 0.25) is 0 Å². The van der Waals surface area contributed by atoms with Crippen molar-refractivity contribution in [1.29, 1.82) is 0 Å². The van der Waals surface area contributed by atoms with Crippen LogP contribution in [0.3, 0.4) is 0 Å². The third-order valence-electron chi connectivity index (χ3n) is 4.31. The van der Waals surface area contributed by atoms with E-state index in [2.05, 4.69) is 0 Å². The summed E-state index contributed by atoms with van der Waals surface area (Å²) in [4.78, 5) is 47.5. The first-order valence-electron chi connectivity index (χ1n) is 8.26. The molecule has 3 rings (SSSR count). The number of nitrogens with one attached hydrogen (secondary N) is 1. The summed E-state index contributed by atoms with van der Waals surface area (Å²) in [5.74, 6) is -4.32. The number of carbonyl (C=O) groups excluding carboxylic acids is 3. The second-order valence-corrected chi connectivity index (χ2v) is 6.25. The number of halogens is 4. The van der Waals surface area contributed by atoms with Crippen LogP contribution in [-0.4, -0.2) is 40.3 Å². The molecule has 0 spiro atoms. The first-order valence-corrected chi connectivity index (χ1v) is 8.26. The maximum atomic E-state index is 13.4. The minimum atomic E-state index is -4.95. The van der Waals surface area contributed by atoms with E-state index < -0.39 is 64.0 Å². The molecular formula is C18H11F4N3O5. The molecular weight excluding hydrogens is 414 g/mol. The molecule has 3 amide bonds. The lowest BCUT2D eigenvalue weighted by molar-refractivity contribution is -0.385. The minimum absolute atomic E-state index is 0.324. The van der Waals surface area contributed by atoms with Crippen LogP contribution in [0.25, 0.3) is 0 Å². The summed E-state index contributed by atoms with van der Waals surface area (Å²) >= 11 is 0. The number of hydrogen-bond donors (Lipinski definition) is 1. The van der Waals surface area contributed by atoms with Gasteiger partial charge in [0.25, 0.3) is 17.5 Å². The molecule has 30 heavy (non-hydrogen) atoms. The lowest BCUT2D eigenvalue weighted by Gasteiger charge is -2.23. The van der Waals surface area contributed by atoms with Crippen molar-refractivity contribution < 1.29 is 36.9 Å². The Balaban J connectivity index is 1.82. The van der Waals surface area contributed by atoms with Crippen LogP contribution in [0.5, 0.6) is 0 Å². The molecule has 0 aromatic heterocycles. The Labute approximate surface area is 165 Å². The zero-order valence-corrected chi connectivity index (χ0v) is 14.8. The van der Waals surface area contributed by atoms with E-state index >= 15 is 0 Å². The maximum Gasteiger partial charge on any atom is 0.412 e. The van der Waals surface area contributed by atoms with E-state index in [0.717, 1.165) is 36.4 Å². The van der Waals surface area contributed by atoms with Crippen molar-refractivity contribution in [3.8, 4) is 0 Å². The Morgan fingerprint density at radius 1 is 1.10 bits per heavy atom. The molecule has 1 heterocycles. The van der Waals surface area contributed by atoms with Crippen LogP contribution >= 0.6 is 0 Å². The predicted molar refractivity (Wildman–Crippen MR) is 91.8 cm³/mol. The van der Waals surface area contributed by atoms with E-state index in [1.54, 1.807) is 5.32 Å². The molecule has 0 bridgehead atoms. The van der Waals surface area contributed by atoms with E-state index in [1.807, 2.05) is 0 Å². The van der Waals surface area contributed by atoms with Crippen LogP contribution in [-0.2, 0) is 4.79 Å². The standard InChI is InChI=1S/C18H11F4N3O5/c19-10-6-4-9(5-7-10)15(18(20,21)22)23-13(26)8-24-16(27)11-2-1-3-12(25(29)30)14(11)17(24)28/h1-7,15H,8H2,(H,23,26). The number of hydrogen-bond acceptors (Lipinski definition) is 5. The Kier molecular flexibility index (Phi) is 5.25. The molecule has 8 nitrogen and oxygen atoms in total. The van der Waals surface area contributed by atoms with E-state index in [0.29, 0.717) is 4.90 Å². The van der Waals surface area contributed by atoms with Gasteiger partial charge in [0.2, 0.25) is 5.91 Å². The van der Waals surface area contributed by atoms with Gasteiger partial charge in [-0.3, -0.25) is 29.4 Å². The second-order valence-electron chi connectivity index (χ2n) is 6.25. The molecule has 12 heteroatoms. The molecule has 0 saturated heterocycles. The lowest BCUT2D eigenvalue weighted by Crippen LogP contribution is -2.45. The van der Waals surface area contributed by atoms with Crippen molar-refractivity contribution in [3.05, 3.63) is 75.1 Å². The molecule has 0 radical (unpaired) electrons. The van der Waals surface area contributed by atoms with Gasteiger partial charge in [0, 0.05) is 6.07 Å². The summed E-state index contributed by atoms with van der Waals surface area (Å²) < 4.78 is 53.1. The fourth-order valence-electron chi connectivity index (χ4n) is 2.97. The number of nitrogens with zero attached hydrogens (tertiary/aromatic N) is 2. The largest absolute Gasteiger partial charge is 0.412 e. The molecule has 1 N–H and O–H groups in total. The number of rotatable bonds is 5. The molecule has 2 aromatic carbocycles. The van der Waals surface area contributed by atoms with Crippen molar-refractivity contribution in [2.45, 2.75) is 12.2 Å². The van der Waals surface area contributed by atoms with E-state index in [-0.39, 0.29) is 5.56 Å². The fourth-order valence-corrected chi connectivity index (χ4v) is 2.97. The monoisotopic (exact) mass is 425 g/mol. The molecule has 1 aliphatic heterocycles. The Morgan fingerprint density at radius 3 is 2.30 bits per heavy atom. The average Bonchev–Trinajstić information content (AvgIpc) is 2.91. The number of carbonyl (C=O) groups is 3.